The molecular formula is C27H41NO5. The summed E-state index contributed by atoms with van der Waals surface area (Å²) in [6.45, 7) is 12.7. The zero-order valence-electron chi connectivity index (χ0n) is 21.3. The molecular weight excluding hydrogens is 418 g/mol. The van der Waals surface area contributed by atoms with Gasteiger partial charge in [-0.05, 0) is 67.6 Å². The number of rotatable bonds is 6. The van der Waals surface area contributed by atoms with Crippen LogP contribution in [0.3, 0.4) is 0 Å². The first kappa shape index (κ1) is 24.3. The summed E-state index contributed by atoms with van der Waals surface area (Å²) in [5.74, 6) is -0.373. The number of esters is 2. The Bertz CT molecular complexity index is 891. The van der Waals surface area contributed by atoms with E-state index < -0.39 is 0 Å². The standard InChI is InChI=1S/C27H41NO5/c1-17(29)28-16-26-15-27(26,12-9-22-23(26)8-10-24(22,4)5)25(6)11-7-21(33-19(3)31)13-20(25)14-32-18(2)30/h20-21H,7-16H2,1-6H3,(H,28,29). The maximum atomic E-state index is 12.0. The lowest BCUT2D eigenvalue weighted by molar-refractivity contribution is -0.159. The molecule has 0 bridgehead atoms. The van der Waals surface area contributed by atoms with Crippen LogP contribution in [0, 0.1) is 27.6 Å². The predicted molar refractivity (Wildman–Crippen MR) is 125 cm³/mol. The topological polar surface area (TPSA) is 81.7 Å². The van der Waals surface area contributed by atoms with Gasteiger partial charge in [0.25, 0.3) is 0 Å². The van der Waals surface area contributed by atoms with Gasteiger partial charge in [0.15, 0.2) is 0 Å². The summed E-state index contributed by atoms with van der Waals surface area (Å²) < 4.78 is 11.2. The fourth-order valence-corrected chi connectivity index (χ4v) is 8.15. The summed E-state index contributed by atoms with van der Waals surface area (Å²) in [5.41, 5.74) is 3.48. The number of amides is 1. The van der Waals surface area contributed by atoms with Crippen molar-refractivity contribution < 1.29 is 23.9 Å². The monoisotopic (exact) mass is 459 g/mol. The van der Waals surface area contributed by atoms with Crippen LogP contribution in [-0.4, -0.2) is 37.1 Å². The Kier molecular flexibility index (Phi) is 5.98. The Morgan fingerprint density at radius 2 is 1.67 bits per heavy atom. The molecule has 0 aromatic carbocycles. The quantitative estimate of drug-likeness (QED) is 0.459. The van der Waals surface area contributed by atoms with Crippen LogP contribution in [0.15, 0.2) is 11.1 Å². The summed E-state index contributed by atoms with van der Waals surface area (Å²) in [6, 6.07) is 0. The van der Waals surface area contributed by atoms with Crippen molar-refractivity contribution in [1.82, 2.24) is 5.32 Å². The molecule has 33 heavy (non-hydrogen) atoms. The third kappa shape index (κ3) is 3.81. The highest BCUT2D eigenvalue weighted by Gasteiger charge is 2.78. The zero-order valence-corrected chi connectivity index (χ0v) is 21.3. The van der Waals surface area contributed by atoms with Crippen molar-refractivity contribution in [3.63, 3.8) is 0 Å². The Morgan fingerprint density at radius 3 is 2.30 bits per heavy atom. The van der Waals surface area contributed by atoms with Gasteiger partial charge in [-0.1, -0.05) is 31.9 Å². The summed E-state index contributed by atoms with van der Waals surface area (Å²) in [5, 5.41) is 3.19. The Balaban J connectivity index is 1.71. The first-order valence-corrected chi connectivity index (χ1v) is 12.6. The molecule has 6 heteroatoms. The highest BCUT2D eigenvalue weighted by Crippen LogP contribution is 2.83. The maximum Gasteiger partial charge on any atom is 0.302 e. The molecule has 2 saturated carbocycles. The molecule has 0 heterocycles. The molecule has 1 amide bonds. The highest BCUT2D eigenvalue weighted by atomic mass is 16.5. The van der Waals surface area contributed by atoms with Crippen molar-refractivity contribution in [2.45, 2.75) is 99.0 Å². The van der Waals surface area contributed by atoms with Crippen LogP contribution in [-0.2, 0) is 23.9 Å². The van der Waals surface area contributed by atoms with E-state index in [0.29, 0.717) is 13.2 Å². The molecule has 4 rings (SSSR count). The SMILES string of the molecule is CC(=O)NCC12CC1(C1(C)CCC(OC(C)=O)CC1COC(C)=O)CCC1=C2CCC1(C)C. The minimum absolute atomic E-state index is 0.00246. The van der Waals surface area contributed by atoms with Gasteiger partial charge in [0.1, 0.15) is 6.10 Å². The minimum atomic E-state index is -0.268. The van der Waals surface area contributed by atoms with Crippen LogP contribution in [0.4, 0.5) is 0 Å². The molecule has 5 atom stereocenters. The van der Waals surface area contributed by atoms with E-state index in [0.717, 1.165) is 44.9 Å². The van der Waals surface area contributed by atoms with Crippen molar-refractivity contribution in [2.75, 3.05) is 13.2 Å². The van der Waals surface area contributed by atoms with E-state index in [4.69, 9.17) is 9.47 Å². The summed E-state index contributed by atoms with van der Waals surface area (Å²) in [7, 11) is 0. The van der Waals surface area contributed by atoms with E-state index in [9.17, 15) is 14.4 Å². The Morgan fingerprint density at radius 1 is 0.970 bits per heavy atom. The van der Waals surface area contributed by atoms with Crippen molar-refractivity contribution >= 4 is 17.8 Å². The zero-order chi connectivity index (χ0) is 24.2. The Labute approximate surface area is 198 Å². The van der Waals surface area contributed by atoms with Gasteiger partial charge in [-0.3, -0.25) is 14.4 Å². The van der Waals surface area contributed by atoms with Crippen molar-refractivity contribution in [3.8, 4) is 0 Å². The number of hydrogen-bond donors (Lipinski definition) is 1. The van der Waals surface area contributed by atoms with Gasteiger partial charge >= 0.3 is 11.9 Å². The number of fused-ring (bicyclic) bond motifs is 2. The van der Waals surface area contributed by atoms with E-state index in [1.165, 1.54) is 20.3 Å². The number of carbonyl (C=O) groups excluding carboxylic acids is 3. The van der Waals surface area contributed by atoms with Gasteiger partial charge in [0, 0.05) is 38.6 Å². The van der Waals surface area contributed by atoms with E-state index in [1.807, 2.05) is 0 Å². The normalized spacial score (nSPS) is 38.7. The second-order valence-electron chi connectivity index (χ2n) is 12.0. The first-order valence-electron chi connectivity index (χ1n) is 12.6. The molecule has 0 radical (unpaired) electrons. The lowest BCUT2D eigenvalue weighted by Crippen LogP contribution is -2.50. The average Bonchev–Trinajstić information content (AvgIpc) is 3.32. The Hall–Kier alpha value is -1.85. The summed E-state index contributed by atoms with van der Waals surface area (Å²) in [6.07, 6.45) is 7.97. The molecule has 0 saturated heterocycles. The van der Waals surface area contributed by atoms with Crippen LogP contribution in [0.25, 0.3) is 0 Å². The number of hydrogen-bond acceptors (Lipinski definition) is 5. The number of carbonyl (C=O) groups is 3. The van der Waals surface area contributed by atoms with Crippen LogP contribution >= 0.6 is 0 Å². The van der Waals surface area contributed by atoms with Crippen LogP contribution in [0.5, 0.6) is 0 Å². The molecule has 6 nitrogen and oxygen atoms in total. The fourth-order valence-electron chi connectivity index (χ4n) is 8.15. The predicted octanol–water partition coefficient (Wildman–Crippen LogP) is 4.71. The van der Waals surface area contributed by atoms with Gasteiger partial charge < -0.3 is 14.8 Å². The summed E-state index contributed by atoms with van der Waals surface area (Å²) >= 11 is 0. The van der Waals surface area contributed by atoms with Gasteiger partial charge in [-0.15, -0.1) is 0 Å². The molecule has 184 valence electrons. The van der Waals surface area contributed by atoms with Crippen LogP contribution in [0.2, 0.25) is 0 Å². The fraction of sp³-hybridized carbons (Fsp3) is 0.815. The van der Waals surface area contributed by atoms with E-state index >= 15 is 0 Å². The maximum absolute atomic E-state index is 12.0. The van der Waals surface area contributed by atoms with Gasteiger partial charge in [0.05, 0.1) is 6.61 Å². The first-order chi connectivity index (χ1) is 15.4. The molecule has 0 aromatic heterocycles. The van der Waals surface area contributed by atoms with Gasteiger partial charge in [-0.25, -0.2) is 0 Å². The molecule has 4 aliphatic rings. The number of ether oxygens (including phenoxy) is 2. The molecule has 5 unspecified atom stereocenters. The van der Waals surface area contributed by atoms with E-state index in [-0.39, 0.29) is 51.5 Å². The molecule has 1 N–H and O–H groups in total. The lowest BCUT2D eigenvalue weighted by Gasteiger charge is -2.53. The smallest absolute Gasteiger partial charge is 0.302 e. The van der Waals surface area contributed by atoms with Crippen molar-refractivity contribution in [1.29, 1.82) is 0 Å². The molecule has 0 aliphatic heterocycles. The highest BCUT2D eigenvalue weighted by molar-refractivity contribution is 5.73. The largest absolute Gasteiger partial charge is 0.466 e. The number of allylic oxidation sites excluding steroid dienone is 1. The molecule has 0 aromatic rings. The lowest BCUT2D eigenvalue weighted by atomic mass is 9.53. The third-order valence-corrected chi connectivity index (χ3v) is 9.94. The van der Waals surface area contributed by atoms with Gasteiger partial charge in [-0.2, -0.15) is 0 Å². The molecule has 0 spiro atoms. The average molecular weight is 460 g/mol. The van der Waals surface area contributed by atoms with E-state index in [2.05, 4.69) is 26.1 Å². The third-order valence-electron chi connectivity index (χ3n) is 9.94. The van der Waals surface area contributed by atoms with Gasteiger partial charge in [0.2, 0.25) is 5.91 Å². The van der Waals surface area contributed by atoms with Crippen LogP contribution in [0.1, 0.15) is 92.9 Å². The van der Waals surface area contributed by atoms with Crippen molar-refractivity contribution in [3.05, 3.63) is 11.1 Å². The minimum Gasteiger partial charge on any atom is -0.466 e. The van der Waals surface area contributed by atoms with Crippen LogP contribution < -0.4 is 5.32 Å². The van der Waals surface area contributed by atoms with E-state index in [1.54, 1.807) is 18.1 Å². The molecule has 2 fully saturated rings. The second-order valence-corrected chi connectivity index (χ2v) is 12.0. The molecule has 4 aliphatic carbocycles. The summed E-state index contributed by atoms with van der Waals surface area (Å²) in [4.78, 5) is 35.4. The van der Waals surface area contributed by atoms with Crippen molar-refractivity contribution in [2.24, 2.45) is 27.6 Å². The number of nitrogens with one attached hydrogen (secondary N) is 1. The second kappa shape index (κ2) is 8.13.